The van der Waals surface area contributed by atoms with Crippen LogP contribution in [0, 0.1) is 6.92 Å². The predicted octanol–water partition coefficient (Wildman–Crippen LogP) is -2.87. The molecule has 0 radical (unpaired) electrons. The molecule has 0 aromatic rings. The zero-order valence-corrected chi connectivity index (χ0v) is 8.64. The summed E-state index contributed by atoms with van der Waals surface area (Å²) in [4.78, 5) is 21.6. The quantitative estimate of drug-likeness (QED) is 0.164. The Morgan fingerprint density at radius 1 is 1.44 bits per heavy atom. The van der Waals surface area contributed by atoms with Crippen molar-refractivity contribution < 1.29 is 48.8 Å². The van der Waals surface area contributed by atoms with Gasteiger partial charge in [0.1, 0.15) is 0 Å². The van der Waals surface area contributed by atoms with E-state index in [1.54, 1.807) is 0 Å². The summed E-state index contributed by atoms with van der Waals surface area (Å²) in [6.07, 6.45) is 0. The number of phosphoric acid groups is 1. The minimum absolute atomic E-state index is 0. The fraction of sp³-hybridized carbons (Fsp3) is 0.500. The standard InChI is InChI=1S/C2H4Cl.Na.H3O4P/c1-2-3;;1-5(2,3)4/h1-2H2;;(H3,1,2,3,4)/q-1;+1;. The largest absolute Gasteiger partial charge is 1.00 e. The van der Waals surface area contributed by atoms with E-state index >= 15 is 0 Å². The van der Waals surface area contributed by atoms with Crippen molar-refractivity contribution in [3.63, 3.8) is 0 Å². The second-order valence-corrected chi connectivity index (χ2v) is 2.11. The van der Waals surface area contributed by atoms with Crippen molar-refractivity contribution in [2.75, 3.05) is 5.88 Å². The summed E-state index contributed by atoms with van der Waals surface area (Å²) in [6.45, 7) is 3.25. The zero-order chi connectivity index (χ0) is 7.21. The van der Waals surface area contributed by atoms with Gasteiger partial charge in [0.15, 0.2) is 0 Å². The third kappa shape index (κ3) is 263. The Labute approximate surface area is 80.8 Å². The number of hydrogen-bond acceptors (Lipinski definition) is 1. The van der Waals surface area contributed by atoms with Gasteiger partial charge in [-0.3, -0.25) is 0 Å². The Balaban J connectivity index is -0.0000000800. The summed E-state index contributed by atoms with van der Waals surface area (Å²) in [7, 11) is -4.64. The van der Waals surface area contributed by atoms with Crippen molar-refractivity contribution in [3.8, 4) is 0 Å². The Hall–Kier alpha value is 1.40. The van der Waals surface area contributed by atoms with E-state index in [-0.39, 0.29) is 29.6 Å². The van der Waals surface area contributed by atoms with Crippen LogP contribution in [-0.2, 0) is 4.57 Å². The van der Waals surface area contributed by atoms with Crippen molar-refractivity contribution >= 4 is 19.4 Å². The molecule has 0 fully saturated rings. The summed E-state index contributed by atoms with van der Waals surface area (Å²) < 4.78 is 8.88. The van der Waals surface area contributed by atoms with E-state index in [2.05, 4.69) is 6.92 Å². The molecule has 0 aliphatic carbocycles. The normalized spacial score (nSPS) is 8.56. The van der Waals surface area contributed by atoms with E-state index < -0.39 is 7.82 Å². The first-order valence-electron chi connectivity index (χ1n) is 1.55. The van der Waals surface area contributed by atoms with Gasteiger partial charge in [0, 0.05) is 0 Å². The zero-order valence-electron chi connectivity index (χ0n) is 4.99. The molecule has 9 heavy (non-hydrogen) atoms. The summed E-state index contributed by atoms with van der Waals surface area (Å²) in [6, 6.07) is 0. The smallest absolute Gasteiger partial charge is 0.329 e. The molecule has 0 rings (SSSR count). The molecule has 0 unspecified atom stereocenters. The van der Waals surface area contributed by atoms with E-state index in [9.17, 15) is 0 Å². The Morgan fingerprint density at radius 2 is 1.44 bits per heavy atom. The van der Waals surface area contributed by atoms with Crippen molar-refractivity contribution in [3.05, 3.63) is 6.92 Å². The van der Waals surface area contributed by atoms with Crippen LogP contribution in [-0.4, -0.2) is 20.6 Å². The van der Waals surface area contributed by atoms with E-state index in [0.717, 1.165) is 0 Å². The summed E-state index contributed by atoms with van der Waals surface area (Å²) in [5.41, 5.74) is 0. The average molecular weight is 184 g/mol. The molecule has 4 nitrogen and oxygen atoms in total. The van der Waals surface area contributed by atoms with Gasteiger partial charge in [0.05, 0.1) is 0 Å². The Morgan fingerprint density at radius 3 is 1.44 bits per heavy atom. The van der Waals surface area contributed by atoms with Gasteiger partial charge in [0.25, 0.3) is 0 Å². The van der Waals surface area contributed by atoms with Gasteiger partial charge in [-0.2, -0.15) is 11.6 Å². The number of rotatable bonds is 0. The molecule has 0 spiro atoms. The van der Waals surface area contributed by atoms with Gasteiger partial charge in [-0.25, -0.2) is 4.57 Å². The summed E-state index contributed by atoms with van der Waals surface area (Å²) in [5, 5.41) is 0. The van der Waals surface area contributed by atoms with Crippen LogP contribution in [0.3, 0.4) is 0 Å². The molecule has 0 amide bonds. The van der Waals surface area contributed by atoms with Crippen molar-refractivity contribution in [2.45, 2.75) is 0 Å². The van der Waals surface area contributed by atoms with Crippen LogP contribution in [0.2, 0.25) is 0 Å². The van der Waals surface area contributed by atoms with E-state index in [4.69, 9.17) is 30.8 Å². The summed E-state index contributed by atoms with van der Waals surface area (Å²) in [5.74, 6) is 0.472. The van der Waals surface area contributed by atoms with Crippen LogP contribution in [0.5, 0.6) is 0 Å². The first-order valence-corrected chi connectivity index (χ1v) is 3.65. The van der Waals surface area contributed by atoms with Gasteiger partial charge in [-0.15, -0.1) is 5.88 Å². The molecule has 0 aromatic carbocycles. The first kappa shape index (κ1) is 16.8. The third-order valence-corrected chi connectivity index (χ3v) is 0. The van der Waals surface area contributed by atoms with Crippen LogP contribution in [0.4, 0.5) is 0 Å². The minimum Gasteiger partial charge on any atom is -0.329 e. The first-order chi connectivity index (χ1) is 3.41. The van der Waals surface area contributed by atoms with Crippen LogP contribution < -0.4 is 29.6 Å². The van der Waals surface area contributed by atoms with Gasteiger partial charge in [-0.05, 0) is 0 Å². The molecule has 0 aromatic heterocycles. The molecule has 0 saturated heterocycles. The third-order valence-electron chi connectivity index (χ3n) is 0. The number of halogens is 1. The van der Waals surface area contributed by atoms with Gasteiger partial charge in [-0.1, -0.05) is 0 Å². The van der Waals surface area contributed by atoms with Crippen LogP contribution >= 0.6 is 19.4 Å². The molecular formula is C2H7ClNaO4P. The predicted molar refractivity (Wildman–Crippen MR) is 30.3 cm³/mol. The van der Waals surface area contributed by atoms with E-state index in [0.29, 0.717) is 5.88 Å². The maximum absolute atomic E-state index is 8.88. The fourth-order valence-corrected chi connectivity index (χ4v) is 0. The Bertz CT molecular complexity index is 74.4. The molecule has 0 atom stereocenters. The number of alkyl halides is 1. The van der Waals surface area contributed by atoms with E-state index in [1.165, 1.54) is 0 Å². The van der Waals surface area contributed by atoms with Gasteiger partial charge < -0.3 is 21.6 Å². The molecule has 0 aliphatic rings. The van der Waals surface area contributed by atoms with Gasteiger partial charge in [0.2, 0.25) is 0 Å². The maximum atomic E-state index is 8.88. The van der Waals surface area contributed by atoms with Crippen LogP contribution in [0.1, 0.15) is 0 Å². The average Bonchev–Trinajstić information content (AvgIpc) is 1.27. The maximum Gasteiger partial charge on any atom is 1.00 e. The van der Waals surface area contributed by atoms with Crippen molar-refractivity contribution in [1.82, 2.24) is 0 Å². The second kappa shape index (κ2) is 9.40. The van der Waals surface area contributed by atoms with Crippen molar-refractivity contribution in [2.24, 2.45) is 0 Å². The van der Waals surface area contributed by atoms with Crippen LogP contribution in [0.15, 0.2) is 0 Å². The topological polar surface area (TPSA) is 77.8 Å². The van der Waals surface area contributed by atoms with Crippen molar-refractivity contribution in [1.29, 1.82) is 0 Å². The molecular weight excluding hydrogens is 177 g/mol. The fourth-order valence-electron chi connectivity index (χ4n) is 0. The SMILES string of the molecule is O=P(O)(O)O.[CH2-]CCl.[Na+]. The molecule has 7 heteroatoms. The van der Waals surface area contributed by atoms with Gasteiger partial charge >= 0.3 is 37.4 Å². The molecule has 0 bridgehead atoms. The minimum atomic E-state index is -4.64. The summed E-state index contributed by atoms with van der Waals surface area (Å²) >= 11 is 4.89. The monoisotopic (exact) mass is 184 g/mol. The molecule has 0 saturated carbocycles. The second-order valence-electron chi connectivity index (χ2n) is 0.702. The van der Waals surface area contributed by atoms with E-state index in [1.807, 2.05) is 0 Å². The molecule has 3 N–H and O–H groups in total. The molecule has 52 valence electrons. The van der Waals surface area contributed by atoms with Crippen LogP contribution in [0.25, 0.3) is 0 Å². The number of hydrogen-bond donors (Lipinski definition) is 3. The Kier molecular flexibility index (Phi) is 17.5. The molecule has 0 heterocycles. The molecule has 0 aliphatic heterocycles.